The number of benzene rings is 2. The van der Waals surface area contributed by atoms with Crippen molar-refractivity contribution in [3.63, 3.8) is 0 Å². The second-order valence-electron chi connectivity index (χ2n) is 8.18. The van der Waals surface area contributed by atoms with Gasteiger partial charge in [-0.05, 0) is 74.7 Å². The molecule has 0 atom stereocenters. The van der Waals surface area contributed by atoms with Crippen molar-refractivity contribution in [3.8, 4) is 5.75 Å². The molecule has 0 unspecified atom stereocenters. The molecule has 0 saturated heterocycles. The van der Waals surface area contributed by atoms with Gasteiger partial charge in [-0.15, -0.1) is 11.3 Å². The highest BCUT2D eigenvalue weighted by Crippen LogP contribution is 2.26. The first kappa shape index (κ1) is 24.4. The van der Waals surface area contributed by atoms with Gasteiger partial charge in [-0.2, -0.15) is 0 Å². The molecule has 3 N–H and O–H groups in total. The molecule has 0 aliphatic carbocycles. The van der Waals surface area contributed by atoms with Crippen molar-refractivity contribution in [1.29, 1.82) is 0 Å². The second-order valence-corrected chi connectivity index (χ2v) is 10.8. The van der Waals surface area contributed by atoms with Crippen LogP contribution in [0.5, 0.6) is 5.75 Å². The van der Waals surface area contributed by atoms with Crippen LogP contribution in [0.3, 0.4) is 0 Å². The van der Waals surface area contributed by atoms with E-state index < -0.39 is 21.5 Å². The minimum atomic E-state index is -3.92. The highest BCUT2D eigenvalue weighted by atomic mass is 32.2. The van der Waals surface area contributed by atoms with Gasteiger partial charge in [0.2, 0.25) is 10.0 Å². The molecule has 3 rings (SSSR count). The molecule has 0 saturated carbocycles. The predicted molar refractivity (Wildman–Crippen MR) is 130 cm³/mol. The fourth-order valence-corrected chi connectivity index (χ4v) is 5.16. The van der Waals surface area contributed by atoms with Crippen molar-refractivity contribution in [2.24, 2.45) is 0 Å². The lowest BCUT2D eigenvalue weighted by Gasteiger charge is -2.21. The molecule has 1 aromatic heterocycles. The number of ether oxygens (including phenoxy) is 1. The van der Waals surface area contributed by atoms with E-state index in [9.17, 15) is 18.0 Å². The van der Waals surface area contributed by atoms with Crippen LogP contribution in [-0.4, -0.2) is 32.9 Å². The van der Waals surface area contributed by atoms with E-state index in [0.717, 1.165) is 0 Å². The Morgan fingerprint density at radius 2 is 1.52 bits per heavy atom. The lowest BCUT2D eigenvalue weighted by Crippen LogP contribution is -2.40. The number of amides is 2. The third-order valence-electron chi connectivity index (χ3n) is 4.30. The van der Waals surface area contributed by atoms with Crippen molar-refractivity contribution in [3.05, 3.63) is 70.4 Å². The van der Waals surface area contributed by atoms with Gasteiger partial charge in [0.15, 0.2) is 0 Å². The zero-order valence-electron chi connectivity index (χ0n) is 18.6. The highest BCUT2D eigenvalue weighted by molar-refractivity contribution is 7.89. The van der Waals surface area contributed by atoms with Crippen LogP contribution in [0.25, 0.3) is 0 Å². The number of thiophene rings is 1. The van der Waals surface area contributed by atoms with E-state index in [4.69, 9.17) is 4.74 Å². The van der Waals surface area contributed by atoms with E-state index in [1.54, 1.807) is 57.2 Å². The average Bonchev–Trinajstić information content (AvgIpc) is 3.28. The smallest absolute Gasteiger partial charge is 0.265 e. The molecule has 1 heterocycles. The maximum Gasteiger partial charge on any atom is 0.265 e. The Balaban J connectivity index is 1.75. The molecular formula is C23H25N3O5S2. The number of anilines is 2. The third kappa shape index (κ3) is 6.41. The summed E-state index contributed by atoms with van der Waals surface area (Å²) in [5, 5.41) is 7.33. The number of hydrogen-bond acceptors (Lipinski definition) is 6. The molecule has 10 heteroatoms. The number of carbonyl (C=O) groups is 2. The van der Waals surface area contributed by atoms with E-state index in [1.807, 2.05) is 5.38 Å². The summed E-state index contributed by atoms with van der Waals surface area (Å²) in [7, 11) is -2.55. The standard InChI is InChI=1S/C23H25N3O5S2/c1-23(2,3)26-33(29,30)20-14-15(7-12-18(20)31-4)21(27)24-16-8-10-17(11-9-16)25-22(28)19-6-5-13-32-19/h5-14,26H,1-4H3,(H,24,27)(H,25,28). The highest BCUT2D eigenvalue weighted by Gasteiger charge is 2.26. The van der Waals surface area contributed by atoms with Gasteiger partial charge in [0, 0.05) is 22.5 Å². The van der Waals surface area contributed by atoms with Gasteiger partial charge in [0.1, 0.15) is 10.6 Å². The van der Waals surface area contributed by atoms with Crippen molar-refractivity contribution >= 4 is 44.5 Å². The molecular weight excluding hydrogens is 462 g/mol. The number of carbonyl (C=O) groups excluding carboxylic acids is 2. The van der Waals surface area contributed by atoms with E-state index in [-0.39, 0.29) is 22.1 Å². The van der Waals surface area contributed by atoms with Crippen LogP contribution in [-0.2, 0) is 10.0 Å². The summed E-state index contributed by atoms with van der Waals surface area (Å²) in [5.74, 6) is -0.563. The number of nitrogens with one attached hydrogen (secondary N) is 3. The first-order valence-electron chi connectivity index (χ1n) is 9.97. The second kappa shape index (κ2) is 9.74. The van der Waals surface area contributed by atoms with E-state index in [1.165, 1.54) is 36.6 Å². The lowest BCUT2D eigenvalue weighted by atomic mass is 10.1. The minimum absolute atomic E-state index is 0.126. The Hall–Kier alpha value is -3.21. The number of hydrogen-bond donors (Lipinski definition) is 3. The fourth-order valence-electron chi connectivity index (χ4n) is 2.93. The SMILES string of the molecule is COc1ccc(C(=O)Nc2ccc(NC(=O)c3cccs3)cc2)cc1S(=O)(=O)NC(C)(C)C. The largest absolute Gasteiger partial charge is 0.495 e. The Morgan fingerprint density at radius 3 is 2.03 bits per heavy atom. The van der Waals surface area contributed by atoms with E-state index >= 15 is 0 Å². The Labute approximate surface area is 197 Å². The van der Waals surface area contributed by atoms with Crippen LogP contribution in [0.2, 0.25) is 0 Å². The van der Waals surface area contributed by atoms with Gasteiger partial charge >= 0.3 is 0 Å². The molecule has 3 aromatic rings. The summed E-state index contributed by atoms with van der Waals surface area (Å²) in [6, 6.07) is 14.3. The topological polar surface area (TPSA) is 114 Å². The molecule has 2 aromatic carbocycles. The lowest BCUT2D eigenvalue weighted by molar-refractivity contribution is 0.102. The maximum absolute atomic E-state index is 12.8. The van der Waals surface area contributed by atoms with Gasteiger partial charge in [-0.3, -0.25) is 9.59 Å². The van der Waals surface area contributed by atoms with Crippen molar-refractivity contribution in [2.45, 2.75) is 31.2 Å². The van der Waals surface area contributed by atoms with Crippen molar-refractivity contribution in [1.82, 2.24) is 4.72 Å². The molecule has 8 nitrogen and oxygen atoms in total. The number of rotatable bonds is 7. The summed E-state index contributed by atoms with van der Waals surface area (Å²) >= 11 is 1.34. The Kier molecular flexibility index (Phi) is 7.21. The van der Waals surface area contributed by atoms with Crippen molar-refractivity contribution in [2.75, 3.05) is 17.7 Å². The molecule has 0 spiro atoms. The molecule has 33 heavy (non-hydrogen) atoms. The predicted octanol–water partition coefficient (Wildman–Crippen LogP) is 4.34. The molecule has 2 amide bonds. The van der Waals surface area contributed by atoms with Crippen LogP contribution in [0.1, 0.15) is 40.8 Å². The summed E-state index contributed by atoms with van der Waals surface area (Å²) < 4.78 is 33.4. The monoisotopic (exact) mass is 487 g/mol. The van der Waals surface area contributed by atoms with Gasteiger partial charge in [-0.25, -0.2) is 13.1 Å². The summed E-state index contributed by atoms with van der Waals surface area (Å²) in [6.07, 6.45) is 0. The minimum Gasteiger partial charge on any atom is -0.495 e. The van der Waals surface area contributed by atoms with Gasteiger partial charge in [0.25, 0.3) is 11.8 Å². The Morgan fingerprint density at radius 1 is 0.909 bits per heavy atom. The zero-order chi connectivity index (χ0) is 24.2. The Bertz CT molecular complexity index is 1250. The molecule has 0 bridgehead atoms. The maximum atomic E-state index is 12.8. The van der Waals surface area contributed by atoms with Crippen LogP contribution in [0.4, 0.5) is 11.4 Å². The first-order valence-corrected chi connectivity index (χ1v) is 12.3. The third-order valence-corrected chi connectivity index (χ3v) is 6.95. The average molecular weight is 488 g/mol. The molecule has 0 radical (unpaired) electrons. The molecule has 0 fully saturated rings. The van der Waals surface area contributed by atoms with Crippen molar-refractivity contribution < 1.29 is 22.7 Å². The zero-order valence-corrected chi connectivity index (χ0v) is 20.3. The van der Waals surface area contributed by atoms with Gasteiger partial charge < -0.3 is 15.4 Å². The molecule has 174 valence electrons. The quantitative estimate of drug-likeness (QED) is 0.459. The van der Waals surface area contributed by atoms with Crippen LogP contribution >= 0.6 is 11.3 Å². The number of methoxy groups -OCH3 is 1. The fraction of sp³-hybridized carbons (Fsp3) is 0.217. The first-order chi connectivity index (χ1) is 15.5. The summed E-state index contributed by atoms with van der Waals surface area (Å²) in [5.41, 5.74) is 0.516. The molecule has 0 aliphatic rings. The van der Waals surface area contributed by atoms with Gasteiger partial charge in [-0.1, -0.05) is 6.07 Å². The normalized spacial score (nSPS) is 11.6. The number of sulfonamides is 1. The summed E-state index contributed by atoms with van der Waals surface area (Å²) in [4.78, 5) is 25.4. The van der Waals surface area contributed by atoms with Gasteiger partial charge in [0.05, 0.1) is 12.0 Å². The van der Waals surface area contributed by atoms with Crippen LogP contribution in [0.15, 0.2) is 64.9 Å². The van der Waals surface area contributed by atoms with E-state index in [0.29, 0.717) is 16.3 Å². The van der Waals surface area contributed by atoms with Crippen LogP contribution < -0.4 is 20.1 Å². The van der Waals surface area contributed by atoms with Crippen LogP contribution in [0, 0.1) is 0 Å². The molecule has 0 aliphatic heterocycles. The van der Waals surface area contributed by atoms with E-state index in [2.05, 4.69) is 15.4 Å². The summed E-state index contributed by atoms with van der Waals surface area (Å²) in [6.45, 7) is 5.17.